The number of hydrogen-bond donors (Lipinski definition) is 1. The molecule has 0 bridgehead atoms. The second-order valence-corrected chi connectivity index (χ2v) is 4.34. The quantitative estimate of drug-likeness (QED) is 0.500. The maximum absolute atomic E-state index is 5.99. The summed E-state index contributed by atoms with van der Waals surface area (Å²) in [6.07, 6.45) is 1.65. The summed E-state index contributed by atoms with van der Waals surface area (Å²) in [5.41, 5.74) is 1.85. The van der Waals surface area contributed by atoms with Gasteiger partial charge < -0.3 is 10.2 Å². The summed E-state index contributed by atoms with van der Waals surface area (Å²) in [7, 11) is 3.77. The van der Waals surface area contributed by atoms with E-state index in [1.165, 1.54) is 0 Å². The topological polar surface area (TPSA) is 27.6 Å². The fourth-order valence-electron chi connectivity index (χ4n) is 1.06. The van der Waals surface area contributed by atoms with Gasteiger partial charge in [-0.05, 0) is 36.8 Å². The van der Waals surface area contributed by atoms with Crippen molar-refractivity contribution in [2.45, 2.75) is 6.92 Å². The van der Waals surface area contributed by atoms with Gasteiger partial charge in [0.25, 0.3) is 0 Å². The molecule has 1 aromatic rings. The van der Waals surface area contributed by atoms with E-state index in [0.29, 0.717) is 10.1 Å². The zero-order valence-electron chi connectivity index (χ0n) is 9.49. The van der Waals surface area contributed by atoms with Crippen molar-refractivity contribution in [2.24, 2.45) is 4.99 Å². The number of benzene rings is 1. The van der Waals surface area contributed by atoms with Gasteiger partial charge in [-0.2, -0.15) is 0 Å². The molecular formula is C11H14ClN3S. The zero-order chi connectivity index (χ0) is 12.1. The van der Waals surface area contributed by atoms with E-state index in [2.05, 4.69) is 10.3 Å². The van der Waals surface area contributed by atoms with Gasteiger partial charge in [0.15, 0.2) is 5.11 Å². The van der Waals surface area contributed by atoms with Crippen molar-refractivity contribution >= 4 is 41.0 Å². The van der Waals surface area contributed by atoms with Crippen molar-refractivity contribution in [3.8, 4) is 0 Å². The van der Waals surface area contributed by atoms with Gasteiger partial charge in [-0.1, -0.05) is 17.7 Å². The number of anilines is 1. The van der Waals surface area contributed by atoms with Crippen molar-refractivity contribution < 1.29 is 0 Å². The van der Waals surface area contributed by atoms with Gasteiger partial charge in [0.1, 0.15) is 0 Å². The molecule has 0 radical (unpaired) electrons. The average molecular weight is 256 g/mol. The van der Waals surface area contributed by atoms with E-state index in [4.69, 9.17) is 23.8 Å². The van der Waals surface area contributed by atoms with Crippen LogP contribution in [0.2, 0.25) is 5.02 Å². The first-order valence-corrected chi connectivity index (χ1v) is 5.56. The minimum atomic E-state index is 0.416. The first-order valence-electron chi connectivity index (χ1n) is 4.77. The fraction of sp³-hybridized carbons (Fsp3) is 0.273. The highest BCUT2D eigenvalue weighted by molar-refractivity contribution is 7.80. The lowest BCUT2D eigenvalue weighted by atomic mass is 10.2. The van der Waals surface area contributed by atoms with Crippen molar-refractivity contribution in [1.82, 2.24) is 4.90 Å². The van der Waals surface area contributed by atoms with Gasteiger partial charge in [-0.3, -0.25) is 0 Å². The summed E-state index contributed by atoms with van der Waals surface area (Å²) in [5, 5.41) is 4.16. The van der Waals surface area contributed by atoms with Crippen molar-refractivity contribution in [3.05, 3.63) is 28.8 Å². The van der Waals surface area contributed by atoms with Gasteiger partial charge in [0.2, 0.25) is 0 Å². The van der Waals surface area contributed by atoms with E-state index in [9.17, 15) is 0 Å². The SMILES string of the molecule is Cc1c(Cl)cccc1NC(=S)N=CN(C)C. The molecule has 1 N–H and O–H groups in total. The van der Waals surface area contributed by atoms with Crippen LogP contribution >= 0.6 is 23.8 Å². The van der Waals surface area contributed by atoms with Crippen LogP contribution in [-0.2, 0) is 0 Å². The molecule has 0 amide bonds. The molecule has 0 saturated heterocycles. The summed E-state index contributed by atoms with van der Waals surface area (Å²) in [4.78, 5) is 5.89. The molecule has 0 aliphatic carbocycles. The highest BCUT2D eigenvalue weighted by atomic mass is 35.5. The summed E-state index contributed by atoms with van der Waals surface area (Å²) in [6, 6.07) is 5.63. The number of thiocarbonyl (C=S) groups is 1. The number of hydrogen-bond acceptors (Lipinski definition) is 1. The monoisotopic (exact) mass is 255 g/mol. The van der Waals surface area contributed by atoms with E-state index in [-0.39, 0.29) is 0 Å². The maximum Gasteiger partial charge on any atom is 0.198 e. The molecule has 0 aromatic heterocycles. The van der Waals surface area contributed by atoms with Crippen molar-refractivity contribution in [1.29, 1.82) is 0 Å². The molecule has 3 nitrogen and oxygen atoms in total. The summed E-state index contributed by atoms with van der Waals surface area (Å²) < 4.78 is 0. The lowest BCUT2D eigenvalue weighted by Gasteiger charge is -2.09. The summed E-state index contributed by atoms with van der Waals surface area (Å²) in [6.45, 7) is 1.93. The smallest absolute Gasteiger partial charge is 0.198 e. The molecule has 86 valence electrons. The van der Waals surface area contributed by atoms with E-state index in [1.54, 1.807) is 6.34 Å². The predicted molar refractivity (Wildman–Crippen MR) is 74.6 cm³/mol. The van der Waals surface area contributed by atoms with Crippen LogP contribution in [0, 0.1) is 6.92 Å². The third-order valence-corrected chi connectivity index (χ3v) is 2.53. The highest BCUT2D eigenvalue weighted by Crippen LogP contribution is 2.22. The Morgan fingerprint density at radius 1 is 1.50 bits per heavy atom. The van der Waals surface area contributed by atoms with Crippen LogP contribution in [0.1, 0.15) is 5.56 Å². The lowest BCUT2D eigenvalue weighted by Crippen LogP contribution is -2.13. The standard InChI is InChI=1S/C11H14ClN3S/c1-8-9(12)5-4-6-10(8)14-11(16)13-7-15(2)3/h4-7H,1-3H3,(H,14,16). The molecule has 1 aromatic carbocycles. The number of nitrogens with zero attached hydrogens (tertiary/aromatic N) is 2. The molecule has 1 rings (SSSR count). The molecule has 16 heavy (non-hydrogen) atoms. The van der Waals surface area contributed by atoms with Gasteiger partial charge in [0, 0.05) is 24.8 Å². The van der Waals surface area contributed by atoms with Crippen molar-refractivity contribution in [3.63, 3.8) is 0 Å². The Morgan fingerprint density at radius 2 is 2.19 bits per heavy atom. The van der Waals surface area contributed by atoms with Crippen molar-refractivity contribution in [2.75, 3.05) is 19.4 Å². The molecule has 0 spiro atoms. The summed E-state index contributed by atoms with van der Waals surface area (Å²) >= 11 is 11.1. The lowest BCUT2D eigenvalue weighted by molar-refractivity contribution is 0.644. The Labute approximate surface area is 106 Å². The van der Waals surface area contributed by atoms with Crippen LogP contribution in [0.4, 0.5) is 5.69 Å². The first-order chi connectivity index (χ1) is 7.50. The van der Waals surface area contributed by atoms with E-state index in [1.807, 2.05) is 44.1 Å². The zero-order valence-corrected chi connectivity index (χ0v) is 11.1. The first kappa shape index (κ1) is 12.9. The molecule has 0 saturated carbocycles. The van der Waals surface area contributed by atoms with E-state index >= 15 is 0 Å². The fourth-order valence-corrected chi connectivity index (χ4v) is 1.39. The minimum Gasteiger partial charge on any atom is -0.369 e. The normalized spacial score (nSPS) is 10.5. The average Bonchev–Trinajstić information content (AvgIpc) is 2.22. The molecule has 5 heteroatoms. The van der Waals surface area contributed by atoms with Gasteiger partial charge in [-0.25, -0.2) is 4.99 Å². The predicted octanol–water partition coefficient (Wildman–Crippen LogP) is 2.94. The van der Waals surface area contributed by atoms with Crippen LogP contribution < -0.4 is 5.32 Å². The van der Waals surface area contributed by atoms with Gasteiger partial charge in [-0.15, -0.1) is 0 Å². The molecule has 0 atom stereocenters. The van der Waals surface area contributed by atoms with Gasteiger partial charge >= 0.3 is 0 Å². The molecule has 0 fully saturated rings. The Hall–Kier alpha value is -1.13. The second-order valence-electron chi connectivity index (χ2n) is 3.55. The minimum absolute atomic E-state index is 0.416. The van der Waals surface area contributed by atoms with E-state index < -0.39 is 0 Å². The molecule has 0 unspecified atom stereocenters. The Balaban J connectivity index is 2.74. The summed E-state index contributed by atoms with van der Waals surface area (Å²) in [5.74, 6) is 0. The van der Waals surface area contributed by atoms with Crippen LogP contribution in [-0.4, -0.2) is 30.4 Å². The highest BCUT2D eigenvalue weighted by Gasteiger charge is 2.02. The molecule has 0 heterocycles. The van der Waals surface area contributed by atoms with Gasteiger partial charge in [0.05, 0.1) is 6.34 Å². The van der Waals surface area contributed by atoms with Crippen LogP contribution in [0.25, 0.3) is 0 Å². The third kappa shape index (κ3) is 3.79. The molecule has 0 aliphatic heterocycles. The molecule has 0 aliphatic rings. The second kappa shape index (κ2) is 5.82. The van der Waals surface area contributed by atoms with Crippen LogP contribution in [0.3, 0.4) is 0 Å². The molecular weight excluding hydrogens is 242 g/mol. The van der Waals surface area contributed by atoms with E-state index in [0.717, 1.165) is 11.3 Å². The Morgan fingerprint density at radius 3 is 2.81 bits per heavy atom. The largest absolute Gasteiger partial charge is 0.369 e. The number of halogens is 1. The third-order valence-electron chi connectivity index (χ3n) is 1.92. The Kier molecular flexibility index (Phi) is 4.71. The Bertz CT molecular complexity index is 416. The number of rotatable bonds is 2. The van der Waals surface area contributed by atoms with Crippen LogP contribution in [0.5, 0.6) is 0 Å². The van der Waals surface area contributed by atoms with Crippen LogP contribution in [0.15, 0.2) is 23.2 Å². The number of nitrogens with one attached hydrogen (secondary N) is 1. The maximum atomic E-state index is 5.99. The number of aliphatic imine (C=N–C) groups is 1.